The van der Waals surface area contributed by atoms with E-state index in [4.69, 9.17) is 0 Å². The topological polar surface area (TPSA) is 17.1 Å². The van der Waals surface area contributed by atoms with Crippen LogP contribution < -0.4 is 0 Å². The van der Waals surface area contributed by atoms with Gasteiger partial charge in [-0.3, -0.25) is 0 Å². The molecule has 0 bridgehead atoms. The summed E-state index contributed by atoms with van der Waals surface area (Å²) in [6.45, 7) is 0. The molecule has 1 saturated carbocycles. The van der Waals surface area contributed by atoms with Crippen LogP contribution in [0.4, 0.5) is 0 Å². The van der Waals surface area contributed by atoms with E-state index in [-0.39, 0.29) is 4.75 Å². The minimum atomic E-state index is -0.266. The standard InChI is InChI=1S/C7H12OS/c8-6-7(9)4-2-1-3-5-7/h6,9H,1-5H2. The van der Waals surface area contributed by atoms with Crippen molar-refractivity contribution in [1.82, 2.24) is 0 Å². The highest BCUT2D eigenvalue weighted by atomic mass is 32.1. The number of carbonyl (C=O) groups excluding carboxylic acids is 1. The van der Waals surface area contributed by atoms with Gasteiger partial charge in [0.1, 0.15) is 6.29 Å². The SMILES string of the molecule is O=CC1(S)CCCCC1. The van der Waals surface area contributed by atoms with E-state index < -0.39 is 0 Å². The lowest BCUT2D eigenvalue weighted by Gasteiger charge is -2.25. The maximum atomic E-state index is 10.4. The van der Waals surface area contributed by atoms with E-state index in [0.717, 1.165) is 19.1 Å². The Morgan fingerprint density at radius 2 is 1.78 bits per heavy atom. The van der Waals surface area contributed by atoms with Crippen LogP contribution in [0.15, 0.2) is 0 Å². The summed E-state index contributed by atoms with van der Waals surface area (Å²) >= 11 is 4.28. The third kappa shape index (κ3) is 1.71. The fraction of sp³-hybridized carbons (Fsp3) is 0.857. The summed E-state index contributed by atoms with van der Waals surface area (Å²) in [7, 11) is 0. The monoisotopic (exact) mass is 144 g/mol. The highest BCUT2D eigenvalue weighted by Crippen LogP contribution is 2.31. The second kappa shape index (κ2) is 2.74. The molecule has 0 spiro atoms. The second-order valence-corrected chi connectivity index (χ2v) is 3.67. The lowest BCUT2D eigenvalue weighted by Crippen LogP contribution is -2.26. The van der Waals surface area contributed by atoms with Crippen LogP contribution in [0.3, 0.4) is 0 Å². The molecule has 0 aromatic heterocycles. The Labute approximate surface area is 61.2 Å². The van der Waals surface area contributed by atoms with Crippen LogP contribution in [0.2, 0.25) is 0 Å². The summed E-state index contributed by atoms with van der Waals surface area (Å²) in [6, 6.07) is 0. The normalized spacial score (nSPS) is 25.4. The third-order valence-corrected chi connectivity index (χ3v) is 2.49. The molecule has 0 saturated heterocycles. The van der Waals surface area contributed by atoms with Gasteiger partial charge in [0.05, 0.1) is 4.75 Å². The molecule has 0 unspecified atom stereocenters. The minimum Gasteiger partial charge on any atom is -0.302 e. The van der Waals surface area contributed by atoms with Crippen molar-refractivity contribution in [2.45, 2.75) is 36.9 Å². The van der Waals surface area contributed by atoms with E-state index in [1.165, 1.54) is 19.3 Å². The predicted molar refractivity (Wildman–Crippen MR) is 40.9 cm³/mol. The fourth-order valence-electron chi connectivity index (χ4n) is 1.28. The summed E-state index contributed by atoms with van der Waals surface area (Å²) in [4.78, 5) is 10.4. The van der Waals surface area contributed by atoms with E-state index in [9.17, 15) is 4.79 Å². The van der Waals surface area contributed by atoms with Crippen molar-refractivity contribution >= 4 is 18.9 Å². The van der Waals surface area contributed by atoms with Gasteiger partial charge in [-0.2, -0.15) is 12.6 Å². The number of hydrogen-bond donors (Lipinski definition) is 1. The molecule has 1 fully saturated rings. The number of hydrogen-bond acceptors (Lipinski definition) is 2. The Morgan fingerprint density at radius 1 is 1.22 bits per heavy atom. The molecule has 1 nitrogen and oxygen atoms in total. The summed E-state index contributed by atoms with van der Waals surface area (Å²) in [5.41, 5.74) is 0. The van der Waals surface area contributed by atoms with Crippen molar-refractivity contribution in [3.8, 4) is 0 Å². The molecule has 2 heteroatoms. The zero-order chi connectivity index (χ0) is 6.74. The molecule has 0 N–H and O–H groups in total. The Hall–Kier alpha value is 0.0200. The molecule has 0 aliphatic heterocycles. The zero-order valence-corrected chi connectivity index (χ0v) is 6.36. The molecule has 52 valence electrons. The van der Waals surface area contributed by atoms with Crippen LogP contribution in [0.25, 0.3) is 0 Å². The van der Waals surface area contributed by atoms with Crippen molar-refractivity contribution < 1.29 is 4.79 Å². The van der Waals surface area contributed by atoms with Gasteiger partial charge in [0, 0.05) is 0 Å². The van der Waals surface area contributed by atoms with Crippen LogP contribution in [0.1, 0.15) is 32.1 Å². The van der Waals surface area contributed by atoms with E-state index >= 15 is 0 Å². The molecule has 0 heterocycles. The van der Waals surface area contributed by atoms with Gasteiger partial charge in [0.25, 0.3) is 0 Å². The first-order chi connectivity index (χ1) is 4.27. The van der Waals surface area contributed by atoms with Gasteiger partial charge >= 0.3 is 0 Å². The first kappa shape index (κ1) is 7.13. The second-order valence-electron chi connectivity index (χ2n) is 2.78. The molecule has 0 atom stereocenters. The Kier molecular flexibility index (Phi) is 2.17. The minimum absolute atomic E-state index is 0.266. The Morgan fingerprint density at radius 3 is 2.11 bits per heavy atom. The highest BCUT2D eigenvalue weighted by Gasteiger charge is 2.26. The number of aldehydes is 1. The van der Waals surface area contributed by atoms with Gasteiger partial charge < -0.3 is 4.79 Å². The van der Waals surface area contributed by atoms with Crippen LogP contribution in [0.5, 0.6) is 0 Å². The van der Waals surface area contributed by atoms with Crippen LogP contribution in [-0.2, 0) is 4.79 Å². The van der Waals surface area contributed by atoms with Crippen LogP contribution >= 0.6 is 12.6 Å². The van der Waals surface area contributed by atoms with E-state index in [0.29, 0.717) is 0 Å². The van der Waals surface area contributed by atoms with Gasteiger partial charge in [0.2, 0.25) is 0 Å². The van der Waals surface area contributed by atoms with Gasteiger partial charge in [-0.25, -0.2) is 0 Å². The summed E-state index contributed by atoms with van der Waals surface area (Å²) in [5, 5.41) is 0. The van der Waals surface area contributed by atoms with Gasteiger partial charge in [-0.1, -0.05) is 19.3 Å². The quantitative estimate of drug-likeness (QED) is 0.439. The molecule has 0 aromatic rings. The molecule has 1 aliphatic carbocycles. The van der Waals surface area contributed by atoms with Crippen LogP contribution in [-0.4, -0.2) is 11.0 Å². The first-order valence-corrected chi connectivity index (χ1v) is 3.90. The molecule has 0 amide bonds. The lowest BCUT2D eigenvalue weighted by molar-refractivity contribution is -0.110. The van der Waals surface area contributed by atoms with Gasteiger partial charge in [0.15, 0.2) is 0 Å². The van der Waals surface area contributed by atoms with Crippen molar-refractivity contribution in [3.63, 3.8) is 0 Å². The summed E-state index contributed by atoms with van der Waals surface area (Å²) in [6.07, 6.45) is 6.55. The van der Waals surface area contributed by atoms with E-state index in [1.54, 1.807) is 0 Å². The molecule has 0 aromatic carbocycles. The molecule has 1 rings (SSSR count). The number of thiol groups is 1. The predicted octanol–water partition coefficient (Wildman–Crippen LogP) is 1.82. The summed E-state index contributed by atoms with van der Waals surface area (Å²) in [5.74, 6) is 0. The maximum absolute atomic E-state index is 10.4. The van der Waals surface area contributed by atoms with Crippen LogP contribution in [0, 0.1) is 0 Å². The fourth-order valence-corrected chi connectivity index (χ4v) is 1.60. The largest absolute Gasteiger partial charge is 0.302 e. The van der Waals surface area contributed by atoms with E-state index in [2.05, 4.69) is 12.6 Å². The molecule has 1 aliphatic rings. The van der Waals surface area contributed by atoms with Crippen molar-refractivity contribution in [1.29, 1.82) is 0 Å². The number of carbonyl (C=O) groups is 1. The zero-order valence-electron chi connectivity index (χ0n) is 5.47. The molecule has 0 radical (unpaired) electrons. The van der Waals surface area contributed by atoms with E-state index in [1.807, 2.05) is 0 Å². The molecule has 9 heavy (non-hydrogen) atoms. The van der Waals surface area contributed by atoms with Gasteiger partial charge in [-0.05, 0) is 12.8 Å². The van der Waals surface area contributed by atoms with Crippen molar-refractivity contribution in [2.24, 2.45) is 0 Å². The highest BCUT2D eigenvalue weighted by molar-refractivity contribution is 7.82. The first-order valence-electron chi connectivity index (χ1n) is 3.46. The third-order valence-electron chi connectivity index (χ3n) is 1.94. The smallest absolute Gasteiger partial charge is 0.135 e. The average Bonchev–Trinajstić information content (AvgIpc) is 1.90. The van der Waals surface area contributed by atoms with Crippen molar-refractivity contribution in [3.05, 3.63) is 0 Å². The molecular weight excluding hydrogens is 132 g/mol. The number of rotatable bonds is 1. The lowest BCUT2D eigenvalue weighted by atomic mass is 9.89. The molecular formula is C7H12OS. The Balaban J connectivity index is 2.46. The average molecular weight is 144 g/mol. The maximum Gasteiger partial charge on any atom is 0.135 e. The summed E-state index contributed by atoms with van der Waals surface area (Å²) < 4.78 is -0.266. The van der Waals surface area contributed by atoms with Crippen molar-refractivity contribution in [2.75, 3.05) is 0 Å². The van der Waals surface area contributed by atoms with Gasteiger partial charge in [-0.15, -0.1) is 0 Å². The Bertz CT molecular complexity index is 105.